The highest BCUT2D eigenvalue weighted by molar-refractivity contribution is 5.82. The number of hydrogen-bond acceptors (Lipinski definition) is 3. The van der Waals surface area contributed by atoms with Crippen LogP contribution >= 0.6 is 0 Å². The number of rotatable bonds is 1. The first-order valence-corrected chi connectivity index (χ1v) is 7.92. The van der Waals surface area contributed by atoms with Crippen LogP contribution in [-0.2, 0) is 9.53 Å². The molecule has 5 heteroatoms. The Hall–Kier alpha value is -1.26. The number of ether oxygens (including phenoxy) is 1. The van der Waals surface area contributed by atoms with Gasteiger partial charge in [-0.05, 0) is 46.0 Å². The van der Waals surface area contributed by atoms with Gasteiger partial charge in [0.1, 0.15) is 5.60 Å². The normalized spacial score (nSPS) is 29.9. The average Bonchev–Trinajstić information content (AvgIpc) is 2.64. The van der Waals surface area contributed by atoms with E-state index in [-0.39, 0.29) is 23.5 Å². The summed E-state index contributed by atoms with van der Waals surface area (Å²) in [5.41, 5.74) is -0.734. The zero-order valence-corrected chi connectivity index (χ0v) is 13.9. The molecule has 2 saturated heterocycles. The molecule has 0 aromatic carbocycles. The predicted octanol–water partition coefficient (Wildman–Crippen LogP) is 2.55. The van der Waals surface area contributed by atoms with E-state index in [1.54, 1.807) is 4.90 Å². The molecule has 0 aromatic heterocycles. The van der Waals surface area contributed by atoms with Crippen molar-refractivity contribution >= 4 is 12.0 Å². The van der Waals surface area contributed by atoms with E-state index in [9.17, 15) is 9.59 Å². The van der Waals surface area contributed by atoms with Crippen LogP contribution in [-0.4, -0.2) is 41.1 Å². The number of amides is 2. The molecule has 1 N–H and O–H groups in total. The van der Waals surface area contributed by atoms with E-state index in [2.05, 4.69) is 19.2 Å². The Kier molecular flexibility index (Phi) is 4.22. The van der Waals surface area contributed by atoms with Crippen molar-refractivity contribution in [3.05, 3.63) is 0 Å². The van der Waals surface area contributed by atoms with Crippen LogP contribution in [0.5, 0.6) is 0 Å². The summed E-state index contributed by atoms with van der Waals surface area (Å²) in [6.45, 7) is 11.1. The van der Waals surface area contributed by atoms with Crippen molar-refractivity contribution in [2.45, 2.75) is 65.0 Å². The summed E-state index contributed by atoms with van der Waals surface area (Å²) in [5, 5.41) is 3.16. The Morgan fingerprint density at radius 3 is 2.62 bits per heavy atom. The van der Waals surface area contributed by atoms with Gasteiger partial charge in [-0.1, -0.05) is 13.8 Å². The van der Waals surface area contributed by atoms with Crippen LogP contribution in [0.15, 0.2) is 0 Å². The number of nitrogens with zero attached hydrogens (tertiary/aromatic N) is 1. The summed E-state index contributed by atoms with van der Waals surface area (Å²) in [5.74, 6) is 0.529. The fourth-order valence-corrected chi connectivity index (χ4v) is 3.34. The van der Waals surface area contributed by atoms with Gasteiger partial charge in [0.2, 0.25) is 5.91 Å². The fraction of sp³-hybridized carbons (Fsp3) is 0.875. The van der Waals surface area contributed by atoms with E-state index >= 15 is 0 Å². The first-order chi connectivity index (χ1) is 9.62. The SMILES string of the molecule is CC(C)C1CC2(CCCN(C(=O)OC(C)(C)C)C2)NC1=O. The fourth-order valence-electron chi connectivity index (χ4n) is 3.34. The lowest BCUT2D eigenvalue weighted by molar-refractivity contribution is -0.124. The summed E-state index contributed by atoms with van der Waals surface area (Å²) >= 11 is 0. The van der Waals surface area contributed by atoms with Gasteiger partial charge in [0.25, 0.3) is 0 Å². The molecule has 5 nitrogen and oxygen atoms in total. The molecule has 120 valence electrons. The molecule has 1 spiro atoms. The van der Waals surface area contributed by atoms with Crippen molar-refractivity contribution in [2.24, 2.45) is 11.8 Å². The smallest absolute Gasteiger partial charge is 0.410 e. The molecule has 2 rings (SSSR count). The monoisotopic (exact) mass is 296 g/mol. The molecule has 0 aliphatic carbocycles. The minimum atomic E-state index is -0.485. The van der Waals surface area contributed by atoms with Gasteiger partial charge in [-0.2, -0.15) is 0 Å². The average molecular weight is 296 g/mol. The van der Waals surface area contributed by atoms with Crippen molar-refractivity contribution in [3.8, 4) is 0 Å². The standard InChI is InChI=1S/C16H28N2O3/c1-11(2)12-9-16(17-13(12)19)7-6-8-18(10-16)14(20)21-15(3,4)5/h11-12H,6-10H2,1-5H3,(H,17,19). The number of likely N-dealkylation sites (tertiary alicyclic amines) is 1. The molecule has 0 bridgehead atoms. The van der Waals surface area contributed by atoms with E-state index in [1.807, 2.05) is 20.8 Å². The molecule has 2 heterocycles. The Bertz CT molecular complexity index is 428. The summed E-state index contributed by atoms with van der Waals surface area (Å²) in [6, 6.07) is 0. The highest BCUT2D eigenvalue weighted by Crippen LogP contribution is 2.36. The lowest BCUT2D eigenvalue weighted by atomic mass is 9.82. The Balaban J connectivity index is 2.04. The molecule has 21 heavy (non-hydrogen) atoms. The van der Waals surface area contributed by atoms with Gasteiger partial charge in [-0.25, -0.2) is 4.79 Å². The number of piperidine rings is 1. The van der Waals surface area contributed by atoms with E-state index in [1.165, 1.54) is 0 Å². The molecule has 0 aromatic rings. The second-order valence-electron chi connectivity index (χ2n) is 7.83. The van der Waals surface area contributed by atoms with Crippen LogP contribution < -0.4 is 5.32 Å². The van der Waals surface area contributed by atoms with Crippen LogP contribution in [0.1, 0.15) is 53.9 Å². The maximum absolute atomic E-state index is 12.2. The summed E-state index contributed by atoms with van der Waals surface area (Å²) in [6.07, 6.45) is 2.40. The van der Waals surface area contributed by atoms with Gasteiger partial charge >= 0.3 is 6.09 Å². The van der Waals surface area contributed by atoms with E-state index < -0.39 is 5.60 Å². The van der Waals surface area contributed by atoms with Gasteiger partial charge in [-0.15, -0.1) is 0 Å². The van der Waals surface area contributed by atoms with Crippen molar-refractivity contribution in [2.75, 3.05) is 13.1 Å². The molecule has 2 aliphatic heterocycles. The zero-order chi connectivity index (χ0) is 15.8. The minimum Gasteiger partial charge on any atom is -0.444 e. The molecule has 0 saturated carbocycles. The second-order valence-corrected chi connectivity index (χ2v) is 7.83. The lowest BCUT2D eigenvalue weighted by Gasteiger charge is -2.40. The Labute approximate surface area is 127 Å². The van der Waals surface area contributed by atoms with Crippen molar-refractivity contribution in [3.63, 3.8) is 0 Å². The van der Waals surface area contributed by atoms with Gasteiger partial charge in [0, 0.05) is 19.0 Å². The maximum Gasteiger partial charge on any atom is 0.410 e. The third kappa shape index (κ3) is 3.69. The predicted molar refractivity (Wildman–Crippen MR) is 80.9 cm³/mol. The Morgan fingerprint density at radius 2 is 2.10 bits per heavy atom. The van der Waals surface area contributed by atoms with Crippen molar-refractivity contribution < 1.29 is 14.3 Å². The minimum absolute atomic E-state index is 0.0589. The molecule has 2 atom stereocenters. The molecule has 0 radical (unpaired) electrons. The molecule has 2 unspecified atom stereocenters. The first kappa shape index (κ1) is 16.1. The highest BCUT2D eigenvalue weighted by Gasteiger charge is 2.48. The van der Waals surface area contributed by atoms with E-state index in [4.69, 9.17) is 4.74 Å². The third-order valence-corrected chi connectivity index (χ3v) is 4.37. The largest absolute Gasteiger partial charge is 0.444 e. The second kappa shape index (κ2) is 5.50. The molecule has 2 amide bonds. The van der Waals surface area contributed by atoms with Crippen LogP contribution in [0, 0.1) is 11.8 Å². The van der Waals surface area contributed by atoms with Gasteiger partial charge in [0.05, 0.1) is 5.54 Å². The van der Waals surface area contributed by atoms with Gasteiger partial charge in [-0.3, -0.25) is 4.79 Å². The van der Waals surface area contributed by atoms with Crippen LogP contribution in [0.3, 0.4) is 0 Å². The summed E-state index contributed by atoms with van der Waals surface area (Å²) < 4.78 is 5.46. The number of carbonyl (C=O) groups excluding carboxylic acids is 2. The van der Waals surface area contributed by atoms with E-state index in [0.29, 0.717) is 19.0 Å². The number of hydrogen-bond donors (Lipinski definition) is 1. The van der Waals surface area contributed by atoms with Crippen LogP contribution in [0.2, 0.25) is 0 Å². The lowest BCUT2D eigenvalue weighted by Crippen LogP contribution is -2.56. The molecule has 2 fully saturated rings. The van der Waals surface area contributed by atoms with Crippen LogP contribution in [0.25, 0.3) is 0 Å². The number of carbonyl (C=O) groups is 2. The third-order valence-electron chi connectivity index (χ3n) is 4.37. The van der Waals surface area contributed by atoms with Gasteiger partial charge in [0.15, 0.2) is 0 Å². The first-order valence-electron chi connectivity index (χ1n) is 7.92. The number of nitrogens with one attached hydrogen (secondary N) is 1. The highest BCUT2D eigenvalue weighted by atomic mass is 16.6. The molecule has 2 aliphatic rings. The van der Waals surface area contributed by atoms with Crippen molar-refractivity contribution in [1.82, 2.24) is 10.2 Å². The quantitative estimate of drug-likeness (QED) is 0.809. The Morgan fingerprint density at radius 1 is 1.43 bits per heavy atom. The molecular formula is C16H28N2O3. The maximum atomic E-state index is 12.2. The van der Waals surface area contributed by atoms with Crippen molar-refractivity contribution in [1.29, 1.82) is 0 Å². The van der Waals surface area contributed by atoms with Gasteiger partial charge < -0.3 is 15.0 Å². The zero-order valence-electron chi connectivity index (χ0n) is 13.9. The van der Waals surface area contributed by atoms with E-state index in [0.717, 1.165) is 19.3 Å². The topological polar surface area (TPSA) is 58.6 Å². The van der Waals surface area contributed by atoms with Crippen LogP contribution in [0.4, 0.5) is 4.79 Å². The summed E-state index contributed by atoms with van der Waals surface area (Å²) in [4.78, 5) is 26.1. The summed E-state index contributed by atoms with van der Waals surface area (Å²) in [7, 11) is 0. The molecular weight excluding hydrogens is 268 g/mol.